The summed E-state index contributed by atoms with van der Waals surface area (Å²) in [5.74, 6) is 0. The highest BCUT2D eigenvalue weighted by Gasteiger charge is 2.51. The Kier molecular flexibility index (Phi) is 2.49. The van der Waals surface area contributed by atoms with Gasteiger partial charge < -0.3 is 17.6 Å². The SMILES string of the molecule is N#Cc1ccc(C2=C3C=CC=[N+]3[B-](F)(F)n3cccc32)cc1. The average Bonchev–Trinajstić information content (AvgIpc) is 3.18. The van der Waals surface area contributed by atoms with Crippen molar-refractivity contribution in [2.75, 3.05) is 0 Å². The number of hydrogen-bond donors (Lipinski definition) is 0. The standard InChI is InChI=1S/C16H10BF2N3/c18-17(19)21-9-1-3-14(21)16(15-4-2-10-22(15)17)13-7-5-12(11-20)6-8-13/h1-10H. The molecule has 1 aromatic heterocycles. The predicted molar refractivity (Wildman–Crippen MR) is 80.4 cm³/mol. The van der Waals surface area contributed by atoms with Gasteiger partial charge in [0.05, 0.1) is 17.2 Å². The third-order valence-corrected chi connectivity index (χ3v) is 4.04. The smallest absolute Gasteiger partial charge is 0.396 e. The van der Waals surface area contributed by atoms with Crippen molar-refractivity contribution in [2.24, 2.45) is 0 Å². The average molecular weight is 293 g/mol. The second-order valence-electron chi connectivity index (χ2n) is 5.25. The van der Waals surface area contributed by atoms with Gasteiger partial charge in [-0.1, -0.05) is 12.1 Å². The maximum absolute atomic E-state index is 14.6. The molecule has 0 saturated carbocycles. The van der Waals surface area contributed by atoms with E-state index in [1.54, 1.807) is 48.6 Å². The number of hydrogen-bond acceptors (Lipinski definition) is 1. The maximum atomic E-state index is 14.6. The van der Waals surface area contributed by atoms with Crippen LogP contribution < -0.4 is 0 Å². The minimum atomic E-state index is -3.86. The van der Waals surface area contributed by atoms with Gasteiger partial charge in [-0.3, -0.25) is 0 Å². The van der Waals surface area contributed by atoms with Gasteiger partial charge in [0, 0.05) is 17.8 Å². The lowest BCUT2D eigenvalue weighted by atomic mass is 9.86. The molecule has 4 rings (SSSR count). The molecule has 0 amide bonds. The molecule has 0 atom stereocenters. The van der Waals surface area contributed by atoms with Gasteiger partial charge in [-0.2, -0.15) is 5.26 Å². The number of halogens is 2. The van der Waals surface area contributed by atoms with Crippen LogP contribution in [0.25, 0.3) is 5.57 Å². The normalized spacial score (nSPS) is 17.8. The summed E-state index contributed by atoms with van der Waals surface area (Å²) >= 11 is 0. The molecule has 2 aliphatic heterocycles. The molecule has 106 valence electrons. The fourth-order valence-corrected chi connectivity index (χ4v) is 3.03. The summed E-state index contributed by atoms with van der Waals surface area (Å²) in [4.78, 5) is 0. The minimum Gasteiger partial charge on any atom is -0.396 e. The molecule has 22 heavy (non-hydrogen) atoms. The first-order chi connectivity index (χ1) is 10.6. The van der Waals surface area contributed by atoms with E-state index in [9.17, 15) is 8.63 Å². The number of rotatable bonds is 1. The van der Waals surface area contributed by atoms with E-state index in [-0.39, 0.29) is 0 Å². The lowest BCUT2D eigenvalue weighted by Gasteiger charge is -2.30. The third kappa shape index (κ3) is 1.56. The molecule has 0 aliphatic carbocycles. The van der Waals surface area contributed by atoms with E-state index in [1.165, 1.54) is 12.4 Å². The van der Waals surface area contributed by atoms with E-state index in [2.05, 4.69) is 6.07 Å². The Balaban J connectivity index is 2.00. The van der Waals surface area contributed by atoms with Gasteiger partial charge >= 0.3 is 6.97 Å². The van der Waals surface area contributed by atoms with Crippen LogP contribution in [0.2, 0.25) is 0 Å². The van der Waals surface area contributed by atoms with Crippen molar-refractivity contribution in [3.8, 4) is 6.07 Å². The molecule has 3 nitrogen and oxygen atoms in total. The van der Waals surface area contributed by atoms with Crippen molar-refractivity contribution in [3.05, 3.63) is 77.3 Å². The summed E-state index contributed by atoms with van der Waals surface area (Å²) in [6.45, 7) is -3.86. The van der Waals surface area contributed by atoms with Gasteiger partial charge in [-0.05, 0) is 36.0 Å². The molecule has 0 saturated heterocycles. The predicted octanol–water partition coefficient (Wildman–Crippen LogP) is 3.01. The van der Waals surface area contributed by atoms with Crippen LogP contribution in [0, 0.1) is 11.3 Å². The van der Waals surface area contributed by atoms with Crippen molar-refractivity contribution >= 4 is 18.8 Å². The van der Waals surface area contributed by atoms with E-state index in [0.717, 1.165) is 20.1 Å². The van der Waals surface area contributed by atoms with Crippen molar-refractivity contribution in [3.63, 3.8) is 0 Å². The number of nitriles is 1. The quantitative estimate of drug-likeness (QED) is 0.744. The van der Waals surface area contributed by atoms with Crippen LogP contribution in [0.15, 0.2) is 60.4 Å². The van der Waals surface area contributed by atoms with Crippen LogP contribution in [0.5, 0.6) is 0 Å². The monoisotopic (exact) mass is 293 g/mol. The maximum Gasteiger partial charge on any atom is 0.737 e. The molecule has 0 N–H and O–H groups in total. The first-order valence-corrected chi connectivity index (χ1v) is 6.87. The van der Waals surface area contributed by atoms with Crippen LogP contribution >= 0.6 is 0 Å². The Morgan fingerprint density at radius 2 is 1.91 bits per heavy atom. The molecule has 2 aromatic rings. The summed E-state index contributed by atoms with van der Waals surface area (Å²) in [6, 6.07) is 12.4. The van der Waals surface area contributed by atoms with Crippen LogP contribution in [0.3, 0.4) is 0 Å². The highest BCUT2D eigenvalue weighted by Crippen LogP contribution is 2.38. The van der Waals surface area contributed by atoms with Crippen molar-refractivity contribution in [1.82, 2.24) is 4.48 Å². The first-order valence-electron chi connectivity index (χ1n) is 6.87. The van der Waals surface area contributed by atoms with Crippen molar-refractivity contribution in [1.29, 1.82) is 5.26 Å². The van der Waals surface area contributed by atoms with Crippen LogP contribution in [0.1, 0.15) is 16.8 Å². The zero-order valence-electron chi connectivity index (χ0n) is 11.4. The molecular formula is C16H10BF2N3. The molecule has 1 aromatic carbocycles. The topological polar surface area (TPSA) is 31.7 Å². The summed E-state index contributed by atoms with van der Waals surface area (Å²) < 4.78 is 31.2. The van der Waals surface area contributed by atoms with Gasteiger partial charge in [0.2, 0.25) is 0 Å². The Hall–Kier alpha value is -2.94. The first kappa shape index (κ1) is 12.8. The van der Waals surface area contributed by atoms with Gasteiger partial charge in [0.15, 0.2) is 5.70 Å². The lowest BCUT2D eigenvalue weighted by molar-refractivity contribution is -0.356. The van der Waals surface area contributed by atoms with Gasteiger partial charge in [0.25, 0.3) is 0 Å². The molecule has 0 unspecified atom stereocenters. The Labute approximate surface area is 125 Å². The van der Waals surface area contributed by atoms with Crippen molar-refractivity contribution in [2.45, 2.75) is 0 Å². The fourth-order valence-electron chi connectivity index (χ4n) is 3.03. The molecule has 0 fully saturated rings. The fraction of sp³-hybridized carbons (Fsp3) is 0. The largest absolute Gasteiger partial charge is 0.737 e. The van der Waals surface area contributed by atoms with E-state index in [1.807, 2.05) is 0 Å². The molecular weight excluding hydrogens is 283 g/mol. The molecule has 0 bridgehead atoms. The molecule has 2 aliphatic rings. The van der Waals surface area contributed by atoms with Crippen molar-refractivity contribution < 1.29 is 13.1 Å². The molecule has 3 heterocycles. The zero-order chi connectivity index (χ0) is 15.3. The minimum absolute atomic E-state index is 0.487. The van der Waals surface area contributed by atoms with Crippen LogP contribution in [0.4, 0.5) is 8.63 Å². The second kappa shape index (κ2) is 4.28. The van der Waals surface area contributed by atoms with Gasteiger partial charge in [-0.25, -0.2) is 0 Å². The Bertz CT molecular complexity index is 912. The summed E-state index contributed by atoms with van der Waals surface area (Å²) in [5, 5.41) is 8.90. The zero-order valence-corrected chi connectivity index (χ0v) is 11.4. The Morgan fingerprint density at radius 3 is 2.64 bits per heavy atom. The molecule has 0 spiro atoms. The second-order valence-corrected chi connectivity index (χ2v) is 5.25. The Morgan fingerprint density at radius 1 is 1.14 bits per heavy atom. The number of benzene rings is 1. The van der Waals surface area contributed by atoms with E-state index < -0.39 is 6.97 Å². The third-order valence-electron chi connectivity index (χ3n) is 4.04. The highest BCUT2D eigenvalue weighted by atomic mass is 19.2. The molecule has 6 heteroatoms. The van der Waals surface area contributed by atoms with Crippen LogP contribution in [-0.2, 0) is 0 Å². The highest BCUT2D eigenvalue weighted by molar-refractivity contribution is 6.57. The lowest BCUT2D eigenvalue weighted by Crippen LogP contribution is -2.49. The van der Waals surface area contributed by atoms with E-state index >= 15 is 0 Å². The van der Waals surface area contributed by atoms with Crippen LogP contribution in [-0.4, -0.2) is 22.1 Å². The van der Waals surface area contributed by atoms with Gasteiger partial charge in [0.1, 0.15) is 6.21 Å². The molecule has 0 radical (unpaired) electrons. The number of fused-ring (bicyclic) bond motifs is 2. The number of nitrogens with zero attached hydrogens (tertiary/aromatic N) is 3. The van der Waals surface area contributed by atoms with E-state index in [0.29, 0.717) is 17.0 Å². The number of aromatic nitrogens is 1. The number of allylic oxidation sites excluding steroid dienone is 2. The van der Waals surface area contributed by atoms with Gasteiger partial charge in [-0.15, -0.1) is 0 Å². The summed E-state index contributed by atoms with van der Waals surface area (Å²) in [7, 11) is 0. The summed E-state index contributed by atoms with van der Waals surface area (Å²) in [6.07, 6.45) is 6.13. The van der Waals surface area contributed by atoms with E-state index in [4.69, 9.17) is 5.26 Å². The summed E-state index contributed by atoms with van der Waals surface area (Å²) in [5.41, 5.74) is 3.07.